The maximum Gasteiger partial charge on any atom is 0.222 e. The van der Waals surface area contributed by atoms with Crippen molar-refractivity contribution in [1.82, 2.24) is 19.5 Å². The van der Waals surface area contributed by atoms with E-state index in [0.717, 1.165) is 0 Å². The third-order valence-corrected chi connectivity index (χ3v) is 2.75. The molecule has 0 bridgehead atoms. The Kier molecular flexibility index (Phi) is 3.08. The number of rotatable bonds is 3. The average molecular weight is 278 g/mol. The molecule has 0 aliphatic carbocycles. The SMILES string of the molecule is [N-]=[N+]=Nc1nc(N)nc2c1ncn2C1COC(CO)O1. The lowest BCUT2D eigenvalue weighted by Crippen LogP contribution is -2.15. The van der Waals surface area contributed by atoms with Gasteiger partial charge in [-0.2, -0.15) is 4.98 Å². The second-order valence-electron chi connectivity index (χ2n) is 3.96. The summed E-state index contributed by atoms with van der Waals surface area (Å²) in [5.41, 5.74) is 14.8. The fourth-order valence-corrected chi connectivity index (χ4v) is 1.93. The third-order valence-electron chi connectivity index (χ3n) is 2.75. The fraction of sp³-hybridized carbons (Fsp3) is 0.444. The van der Waals surface area contributed by atoms with E-state index in [1.807, 2.05) is 0 Å². The summed E-state index contributed by atoms with van der Waals surface area (Å²) in [6, 6.07) is 0. The van der Waals surface area contributed by atoms with Crippen LogP contribution in [0.1, 0.15) is 6.23 Å². The zero-order valence-electron chi connectivity index (χ0n) is 10.1. The molecule has 11 heteroatoms. The van der Waals surface area contributed by atoms with Gasteiger partial charge in [0.05, 0.1) is 19.5 Å². The van der Waals surface area contributed by atoms with Gasteiger partial charge in [-0.3, -0.25) is 4.57 Å². The van der Waals surface area contributed by atoms with Crippen LogP contribution in [0.4, 0.5) is 11.8 Å². The Bertz CT molecular complexity index is 694. The molecule has 1 fully saturated rings. The first kappa shape index (κ1) is 12.6. The van der Waals surface area contributed by atoms with Gasteiger partial charge in [0.2, 0.25) is 5.95 Å². The summed E-state index contributed by atoms with van der Waals surface area (Å²) in [4.78, 5) is 14.6. The second kappa shape index (κ2) is 4.90. The Labute approximate surface area is 111 Å². The van der Waals surface area contributed by atoms with Crippen LogP contribution < -0.4 is 5.73 Å². The Morgan fingerprint density at radius 2 is 2.45 bits per heavy atom. The molecule has 20 heavy (non-hydrogen) atoms. The zero-order valence-corrected chi connectivity index (χ0v) is 10.1. The number of azide groups is 1. The summed E-state index contributed by atoms with van der Waals surface area (Å²) in [6.45, 7) is -0.0122. The van der Waals surface area contributed by atoms with Crippen molar-refractivity contribution in [1.29, 1.82) is 0 Å². The quantitative estimate of drug-likeness (QED) is 0.461. The van der Waals surface area contributed by atoms with Crippen LogP contribution in [0.15, 0.2) is 11.4 Å². The smallest absolute Gasteiger partial charge is 0.222 e. The molecule has 2 unspecified atom stereocenters. The van der Waals surface area contributed by atoms with Crippen molar-refractivity contribution in [2.45, 2.75) is 12.5 Å². The molecule has 0 spiro atoms. The topological polar surface area (TPSA) is 157 Å². The lowest BCUT2D eigenvalue weighted by Gasteiger charge is -2.11. The van der Waals surface area contributed by atoms with Crippen LogP contribution in [0, 0.1) is 0 Å². The molecule has 1 aliphatic heterocycles. The molecule has 0 radical (unpaired) electrons. The molecule has 1 aliphatic rings. The van der Waals surface area contributed by atoms with E-state index in [1.54, 1.807) is 4.57 Å². The largest absolute Gasteiger partial charge is 0.391 e. The van der Waals surface area contributed by atoms with Crippen LogP contribution in [-0.4, -0.2) is 44.1 Å². The molecule has 104 valence electrons. The standard InChI is InChI=1S/C9H10N8O3/c10-9-13-7(15-16-11)6-8(14-9)17(3-12-6)4-2-19-5(1-18)20-4/h3-5,18H,1-2H2,(H2,10,13,14). The van der Waals surface area contributed by atoms with E-state index >= 15 is 0 Å². The molecule has 3 N–H and O–H groups in total. The van der Waals surface area contributed by atoms with Crippen molar-refractivity contribution in [3.63, 3.8) is 0 Å². The first-order valence-corrected chi connectivity index (χ1v) is 5.66. The van der Waals surface area contributed by atoms with Gasteiger partial charge in [-0.1, -0.05) is 0 Å². The fourth-order valence-electron chi connectivity index (χ4n) is 1.93. The predicted molar refractivity (Wildman–Crippen MR) is 65.5 cm³/mol. The Balaban J connectivity index is 2.07. The van der Waals surface area contributed by atoms with Crippen LogP contribution in [0.3, 0.4) is 0 Å². The molecule has 2 atom stereocenters. The number of hydrogen-bond donors (Lipinski definition) is 2. The minimum Gasteiger partial charge on any atom is -0.391 e. The normalized spacial score (nSPS) is 22.1. The second-order valence-corrected chi connectivity index (χ2v) is 3.96. The molecule has 3 rings (SSSR count). The summed E-state index contributed by atoms with van der Waals surface area (Å²) in [6.07, 6.45) is 0.279. The number of aliphatic hydroxyl groups excluding tert-OH is 1. The first-order valence-electron chi connectivity index (χ1n) is 5.66. The molecule has 11 nitrogen and oxygen atoms in total. The zero-order chi connectivity index (χ0) is 14.1. The number of ether oxygens (including phenoxy) is 2. The van der Waals surface area contributed by atoms with E-state index in [2.05, 4.69) is 25.0 Å². The monoisotopic (exact) mass is 278 g/mol. The average Bonchev–Trinajstić information content (AvgIpc) is 3.04. The first-order chi connectivity index (χ1) is 9.72. The highest BCUT2D eigenvalue weighted by molar-refractivity contribution is 5.82. The summed E-state index contributed by atoms with van der Waals surface area (Å²) < 4.78 is 12.2. The maximum absolute atomic E-state index is 8.98. The van der Waals surface area contributed by atoms with Crippen LogP contribution in [0.25, 0.3) is 21.6 Å². The number of nitrogen functional groups attached to an aromatic ring is 1. The minimum absolute atomic E-state index is 0.0423. The van der Waals surface area contributed by atoms with Gasteiger partial charge in [-0.05, 0) is 10.6 Å². The van der Waals surface area contributed by atoms with E-state index in [-0.39, 0.29) is 25.0 Å². The van der Waals surface area contributed by atoms with E-state index < -0.39 is 12.5 Å². The number of anilines is 1. The summed E-state index contributed by atoms with van der Waals surface area (Å²) in [5.74, 6) is 0.00523. The number of imidazole rings is 1. The maximum atomic E-state index is 8.98. The van der Waals surface area contributed by atoms with Gasteiger partial charge < -0.3 is 20.3 Å². The Morgan fingerprint density at radius 1 is 1.60 bits per heavy atom. The van der Waals surface area contributed by atoms with Crippen molar-refractivity contribution in [2.75, 3.05) is 18.9 Å². The lowest BCUT2D eigenvalue weighted by molar-refractivity contribution is -0.0980. The highest BCUT2D eigenvalue weighted by Gasteiger charge is 2.28. The molecule has 0 saturated carbocycles. The van der Waals surface area contributed by atoms with E-state index in [1.165, 1.54) is 6.33 Å². The molecule has 2 aromatic heterocycles. The van der Waals surface area contributed by atoms with E-state index in [9.17, 15) is 0 Å². The number of aliphatic hydroxyl groups is 1. The van der Waals surface area contributed by atoms with Crippen molar-refractivity contribution < 1.29 is 14.6 Å². The summed E-state index contributed by atoms with van der Waals surface area (Å²) in [7, 11) is 0. The summed E-state index contributed by atoms with van der Waals surface area (Å²) >= 11 is 0. The van der Waals surface area contributed by atoms with Crippen LogP contribution >= 0.6 is 0 Å². The highest BCUT2D eigenvalue weighted by Crippen LogP contribution is 2.28. The van der Waals surface area contributed by atoms with Gasteiger partial charge >= 0.3 is 0 Å². The van der Waals surface area contributed by atoms with Crippen molar-refractivity contribution >= 4 is 22.9 Å². The minimum atomic E-state index is -0.687. The van der Waals surface area contributed by atoms with Crippen molar-refractivity contribution in [3.05, 3.63) is 16.8 Å². The Morgan fingerprint density at radius 3 is 3.15 bits per heavy atom. The van der Waals surface area contributed by atoms with Gasteiger partial charge in [-0.15, -0.1) is 0 Å². The number of nitrogens with zero attached hydrogens (tertiary/aromatic N) is 7. The number of nitrogens with two attached hydrogens (primary N) is 1. The number of hydrogen-bond acceptors (Lipinski definition) is 8. The molecule has 3 heterocycles. The highest BCUT2D eigenvalue weighted by atomic mass is 16.7. The van der Waals surface area contributed by atoms with Crippen LogP contribution in [-0.2, 0) is 9.47 Å². The molecule has 1 saturated heterocycles. The summed E-state index contributed by atoms with van der Waals surface area (Å²) in [5, 5.41) is 12.4. The molecular weight excluding hydrogens is 268 g/mol. The van der Waals surface area contributed by atoms with Gasteiger partial charge in [0, 0.05) is 4.91 Å². The van der Waals surface area contributed by atoms with Gasteiger partial charge in [0.25, 0.3) is 0 Å². The lowest BCUT2D eigenvalue weighted by atomic mass is 10.5. The molecule has 0 aromatic carbocycles. The van der Waals surface area contributed by atoms with Gasteiger partial charge in [0.1, 0.15) is 5.52 Å². The van der Waals surface area contributed by atoms with Gasteiger partial charge in [0.15, 0.2) is 24.0 Å². The van der Waals surface area contributed by atoms with Gasteiger partial charge in [-0.25, -0.2) is 9.97 Å². The number of aromatic nitrogens is 4. The molecule has 2 aromatic rings. The molecular formula is C9H10N8O3. The predicted octanol–water partition coefficient (Wildman–Crippen LogP) is 0.214. The van der Waals surface area contributed by atoms with Crippen molar-refractivity contribution in [3.8, 4) is 0 Å². The van der Waals surface area contributed by atoms with Crippen LogP contribution in [0.5, 0.6) is 0 Å². The molecule has 0 amide bonds. The Hall–Kier alpha value is -2.46. The number of fused-ring (bicyclic) bond motifs is 1. The van der Waals surface area contributed by atoms with Crippen LogP contribution in [0.2, 0.25) is 0 Å². The third kappa shape index (κ3) is 2.00. The van der Waals surface area contributed by atoms with E-state index in [4.69, 9.17) is 25.8 Å². The van der Waals surface area contributed by atoms with E-state index in [0.29, 0.717) is 11.2 Å². The van der Waals surface area contributed by atoms with Crippen molar-refractivity contribution in [2.24, 2.45) is 5.11 Å².